The second-order valence-electron chi connectivity index (χ2n) is 2.73. The van der Waals surface area contributed by atoms with E-state index in [-0.39, 0.29) is 13.3 Å². The minimum atomic E-state index is 0. The molecular formula is C8H18N2O. The molecule has 1 fully saturated rings. The molecule has 0 spiro atoms. The van der Waals surface area contributed by atoms with Crippen LogP contribution in [0.4, 0.5) is 0 Å². The number of carbonyl (C=O) groups is 1. The summed E-state index contributed by atoms with van der Waals surface area (Å²) in [5.74, 6) is 0.0636. The van der Waals surface area contributed by atoms with Gasteiger partial charge in [0, 0.05) is 19.5 Å². The Balaban J connectivity index is 0.000001000. The molecule has 1 rings (SSSR count). The van der Waals surface area contributed by atoms with Gasteiger partial charge in [0.15, 0.2) is 0 Å². The third kappa shape index (κ3) is 3.98. The van der Waals surface area contributed by atoms with Crippen molar-refractivity contribution in [1.82, 2.24) is 10.6 Å². The van der Waals surface area contributed by atoms with Crippen molar-refractivity contribution in [1.29, 1.82) is 0 Å². The van der Waals surface area contributed by atoms with Gasteiger partial charge in [0.1, 0.15) is 0 Å². The lowest BCUT2D eigenvalue weighted by molar-refractivity contribution is -0.119. The molecule has 2 N–H and O–H groups in total. The number of carbonyl (C=O) groups excluding carboxylic acids is 1. The van der Waals surface area contributed by atoms with E-state index < -0.39 is 0 Å². The van der Waals surface area contributed by atoms with Gasteiger partial charge < -0.3 is 10.6 Å². The standard InChI is InChI=1S/C7H14N2O.CH4/c1-6(10)9-5-7-3-2-4-8-7;/h7-8H,2-5H2,1H3,(H,9,10);1H4. The Morgan fingerprint density at radius 2 is 2.45 bits per heavy atom. The maximum Gasteiger partial charge on any atom is 0.216 e. The van der Waals surface area contributed by atoms with Gasteiger partial charge in [-0.1, -0.05) is 7.43 Å². The summed E-state index contributed by atoms with van der Waals surface area (Å²) in [5, 5.41) is 6.08. The van der Waals surface area contributed by atoms with Crippen LogP contribution >= 0.6 is 0 Å². The lowest BCUT2D eigenvalue weighted by Gasteiger charge is -2.09. The summed E-state index contributed by atoms with van der Waals surface area (Å²) in [5.41, 5.74) is 0. The van der Waals surface area contributed by atoms with Crippen LogP contribution in [0.3, 0.4) is 0 Å². The fourth-order valence-electron chi connectivity index (χ4n) is 1.20. The Labute approximate surface area is 68.6 Å². The van der Waals surface area contributed by atoms with Crippen molar-refractivity contribution in [2.75, 3.05) is 13.1 Å². The first kappa shape index (κ1) is 10.4. The molecule has 0 saturated carbocycles. The van der Waals surface area contributed by atoms with Crippen LogP contribution in [0, 0.1) is 0 Å². The Morgan fingerprint density at radius 3 is 2.91 bits per heavy atom. The summed E-state index contributed by atoms with van der Waals surface area (Å²) in [6.45, 7) is 3.44. The van der Waals surface area contributed by atoms with Gasteiger partial charge in [-0.15, -0.1) is 0 Å². The van der Waals surface area contributed by atoms with Crippen LogP contribution < -0.4 is 10.6 Å². The van der Waals surface area contributed by atoms with Crippen molar-refractivity contribution in [2.45, 2.75) is 33.2 Å². The van der Waals surface area contributed by atoms with Crippen LogP contribution in [0.15, 0.2) is 0 Å². The molecule has 0 aliphatic carbocycles. The first-order chi connectivity index (χ1) is 4.79. The van der Waals surface area contributed by atoms with Gasteiger partial charge in [-0.3, -0.25) is 4.79 Å². The van der Waals surface area contributed by atoms with E-state index in [2.05, 4.69) is 10.6 Å². The summed E-state index contributed by atoms with van der Waals surface area (Å²) in [6.07, 6.45) is 2.44. The second-order valence-corrected chi connectivity index (χ2v) is 2.73. The summed E-state index contributed by atoms with van der Waals surface area (Å²) in [7, 11) is 0. The molecule has 66 valence electrons. The molecule has 1 atom stereocenters. The topological polar surface area (TPSA) is 41.1 Å². The predicted molar refractivity (Wildman–Crippen MR) is 46.4 cm³/mol. The largest absolute Gasteiger partial charge is 0.355 e. The quantitative estimate of drug-likeness (QED) is 0.615. The van der Waals surface area contributed by atoms with Gasteiger partial charge in [0.05, 0.1) is 0 Å². The molecule has 1 aliphatic rings. The highest BCUT2D eigenvalue weighted by molar-refractivity contribution is 5.72. The van der Waals surface area contributed by atoms with Crippen LogP contribution in [0.2, 0.25) is 0 Å². The third-order valence-corrected chi connectivity index (χ3v) is 1.76. The molecule has 0 aromatic rings. The van der Waals surface area contributed by atoms with E-state index in [1.807, 2.05) is 0 Å². The van der Waals surface area contributed by atoms with Crippen molar-refractivity contribution >= 4 is 5.91 Å². The second kappa shape index (κ2) is 5.13. The SMILES string of the molecule is C.CC(=O)NCC1CCCN1. The molecule has 1 saturated heterocycles. The summed E-state index contributed by atoms with van der Waals surface area (Å²) < 4.78 is 0. The number of rotatable bonds is 2. The van der Waals surface area contributed by atoms with Crippen molar-refractivity contribution < 1.29 is 4.79 Å². The zero-order valence-corrected chi connectivity index (χ0v) is 6.31. The number of hydrogen-bond donors (Lipinski definition) is 2. The highest BCUT2D eigenvalue weighted by Gasteiger charge is 2.12. The van der Waals surface area contributed by atoms with Crippen LogP contribution in [0.25, 0.3) is 0 Å². The highest BCUT2D eigenvalue weighted by Crippen LogP contribution is 2.02. The lowest BCUT2D eigenvalue weighted by atomic mass is 10.2. The van der Waals surface area contributed by atoms with Crippen LogP contribution in [-0.2, 0) is 4.79 Å². The van der Waals surface area contributed by atoms with Crippen LogP contribution in [-0.4, -0.2) is 25.0 Å². The molecule has 11 heavy (non-hydrogen) atoms. The van der Waals surface area contributed by atoms with Gasteiger partial charge in [0.25, 0.3) is 0 Å². The summed E-state index contributed by atoms with van der Waals surface area (Å²) >= 11 is 0. The van der Waals surface area contributed by atoms with Crippen LogP contribution in [0.1, 0.15) is 27.2 Å². The molecule has 3 heteroatoms. The average molecular weight is 158 g/mol. The molecule has 0 aromatic heterocycles. The summed E-state index contributed by atoms with van der Waals surface area (Å²) in [4.78, 5) is 10.5. The third-order valence-electron chi connectivity index (χ3n) is 1.76. The Bertz CT molecular complexity index is 119. The van der Waals surface area contributed by atoms with Gasteiger partial charge >= 0.3 is 0 Å². The van der Waals surface area contributed by atoms with E-state index in [1.54, 1.807) is 6.92 Å². The fraction of sp³-hybridized carbons (Fsp3) is 0.875. The van der Waals surface area contributed by atoms with Gasteiger partial charge in [-0.05, 0) is 19.4 Å². The minimum absolute atomic E-state index is 0. The molecule has 1 aliphatic heterocycles. The van der Waals surface area contributed by atoms with E-state index in [0.29, 0.717) is 6.04 Å². The minimum Gasteiger partial charge on any atom is -0.355 e. The monoisotopic (exact) mass is 158 g/mol. The van der Waals surface area contributed by atoms with Crippen LogP contribution in [0.5, 0.6) is 0 Å². The first-order valence-corrected chi connectivity index (χ1v) is 3.77. The maximum atomic E-state index is 10.5. The molecular weight excluding hydrogens is 140 g/mol. The molecule has 3 nitrogen and oxygen atoms in total. The molecule has 1 amide bonds. The Morgan fingerprint density at radius 1 is 1.73 bits per heavy atom. The highest BCUT2D eigenvalue weighted by atomic mass is 16.1. The number of hydrogen-bond acceptors (Lipinski definition) is 2. The Hall–Kier alpha value is -0.570. The van der Waals surface area contributed by atoms with Crippen molar-refractivity contribution in [3.05, 3.63) is 0 Å². The van der Waals surface area contributed by atoms with Crippen molar-refractivity contribution in [2.24, 2.45) is 0 Å². The van der Waals surface area contributed by atoms with Gasteiger partial charge in [-0.25, -0.2) is 0 Å². The van der Waals surface area contributed by atoms with E-state index in [0.717, 1.165) is 13.1 Å². The zero-order valence-electron chi connectivity index (χ0n) is 6.31. The van der Waals surface area contributed by atoms with Gasteiger partial charge in [-0.2, -0.15) is 0 Å². The molecule has 0 aromatic carbocycles. The predicted octanol–water partition coefficient (Wildman–Crippen LogP) is 0.511. The summed E-state index contributed by atoms with van der Waals surface area (Å²) in [6, 6.07) is 0.517. The zero-order chi connectivity index (χ0) is 7.40. The molecule has 0 radical (unpaired) electrons. The van der Waals surface area contributed by atoms with E-state index in [1.165, 1.54) is 12.8 Å². The average Bonchev–Trinajstić information content (AvgIpc) is 2.34. The normalized spacial score (nSPS) is 22.5. The van der Waals surface area contributed by atoms with E-state index >= 15 is 0 Å². The van der Waals surface area contributed by atoms with Crippen molar-refractivity contribution in [3.8, 4) is 0 Å². The first-order valence-electron chi connectivity index (χ1n) is 3.77. The van der Waals surface area contributed by atoms with E-state index in [4.69, 9.17) is 0 Å². The molecule has 0 bridgehead atoms. The number of amides is 1. The van der Waals surface area contributed by atoms with E-state index in [9.17, 15) is 4.79 Å². The fourth-order valence-corrected chi connectivity index (χ4v) is 1.20. The molecule has 1 unspecified atom stereocenters. The number of nitrogens with one attached hydrogen (secondary N) is 2. The Kier molecular flexibility index (Phi) is 4.86. The van der Waals surface area contributed by atoms with Gasteiger partial charge in [0.2, 0.25) is 5.91 Å². The molecule has 1 heterocycles. The smallest absolute Gasteiger partial charge is 0.216 e. The maximum absolute atomic E-state index is 10.5. The van der Waals surface area contributed by atoms with Crippen molar-refractivity contribution in [3.63, 3.8) is 0 Å². The lowest BCUT2D eigenvalue weighted by Crippen LogP contribution is -2.35.